The number of amides is 2. The fourth-order valence-corrected chi connectivity index (χ4v) is 4.99. The third kappa shape index (κ3) is 3.73. The SMILES string of the molecule is O=C1C(c2ccccc2)=C(N2CCCCC2)C(=O)N1c1ccc(N2CCCCC2)cc1. The van der Waals surface area contributed by atoms with E-state index in [0.717, 1.165) is 50.3 Å². The highest BCUT2D eigenvalue weighted by Gasteiger charge is 2.42. The zero-order valence-corrected chi connectivity index (χ0v) is 17.9. The Kier molecular flexibility index (Phi) is 5.49. The van der Waals surface area contributed by atoms with Crippen molar-refractivity contribution < 1.29 is 9.59 Å². The predicted octanol–water partition coefficient (Wildman–Crippen LogP) is 4.45. The van der Waals surface area contributed by atoms with E-state index in [-0.39, 0.29) is 11.8 Å². The maximum absolute atomic E-state index is 13.6. The Balaban J connectivity index is 1.48. The van der Waals surface area contributed by atoms with Gasteiger partial charge in [0.2, 0.25) is 0 Å². The van der Waals surface area contributed by atoms with Crippen molar-refractivity contribution in [2.75, 3.05) is 36.0 Å². The van der Waals surface area contributed by atoms with Crippen LogP contribution in [0.1, 0.15) is 44.1 Å². The maximum Gasteiger partial charge on any atom is 0.282 e. The Bertz CT molecular complexity index is 985. The highest BCUT2D eigenvalue weighted by atomic mass is 16.2. The van der Waals surface area contributed by atoms with E-state index in [0.29, 0.717) is 17.0 Å². The van der Waals surface area contributed by atoms with Crippen molar-refractivity contribution in [1.29, 1.82) is 0 Å². The third-order valence-electron chi connectivity index (χ3n) is 6.62. The summed E-state index contributed by atoms with van der Waals surface area (Å²) in [6, 6.07) is 17.5. The van der Waals surface area contributed by atoms with E-state index in [1.54, 1.807) is 0 Å². The lowest BCUT2D eigenvalue weighted by atomic mass is 10.0. The van der Waals surface area contributed by atoms with E-state index < -0.39 is 0 Å². The van der Waals surface area contributed by atoms with Gasteiger partial charge >= 0.3 is 0 Å². The van der Waals surface area contributed by atoms with Crippen molar-refractivity contribution >= 4 is 28.8 Å². The second-order valence-corrected chi connectivity index (χ2v) is 8.65. The maximum atomic E-state index is 13.6. The van der Waals surface area contributed by atoms with Crippen LogP contribution in [-0.4, -0.2) is 42.9 Å². The molecule has 3 aliphatic rings. The smallest absolute Gasteiger partial charge is 0.282 e. The Morgan fingerprint density at radius 2 is 1.10 bits per heavy atom. The second kappa shape index (κ2) is 8.58. The van der Waals surface area contributed by atoms with Crippen LogP contribution in [0.4, 0.5) is 11.4 Å². The van der Waals surface area contributed by atoms with Crippen LogP contribution in [0.5, 0.6) is 0 Å². The van der Waals surface area contributed by atoms with Crippen LogP contribution < -0.4 is 9.80 Å². The van der Waals surface area contributed by atoms with Gasteiger partial charge in [0.05, 0.1) is 11.3 Å². The topological polar surface area (TPSA) is 43.9 Å². The molecule has 5 nitrogen and oxygen atoms in total. The van der Waals surface area contributed by atoms with Gasteiger partial charge in [-0.2, -0.15) is 0 Å². The minimum Gasteiger partial charge on any atom is -0.372 e. The predicted molar refractivity (Wildman–Crippen MR) is 124 cm³/mol. The van der Waals surface area contributed by atoms with Crippen molar-refractivity contribution in [1.82, 2.24) is 4.90 Å². The molecule has 3 aliphatic heterocycles. The molecule has 0 N–H and O–H groups in total. The second-order valence-electron chi connectivity index (χ2n) is 8.65. The molecule has 0 atom stereocenters. The molecular weight excluding hydrogens is 386 g/mol. The molecule has 0 spiro atoms. The minimum atomic E-state index is -0.220. The highest BCUT2D eigenvalue weighted by Crippen LogP contribution is 2.36. The summed E-state index contributed by atoms with van der Waals surface area (Å²) in [5.41, 5.74) is 3.73. The zero-order valence-electron chi connectivity index (χ0n) is 17.9. The Morgan fingerprint density at radius 3 is 1.71 bits per heavy atom. The van der Waals surface area contributed by atoms with Gasteiger partial charge in [-0.05, 0) is 68.4 Å². The standard InChI is InChI=1S/C26H29N3O2/c30-25-23(20-10-4-1-5-11-20)24(28-18-8-3-9-19-28)26(31)29(25)22-14-12-21(13-15-22)27-16-6-2-7-17-27/h1,4-5,10-15H,2-3,6-9,16-19H2. The Hall–Kier alpha value is -3.08. The highest BCUT2D eigenvalue weighted by molar-refractivity contribution is 6.45. The first-order valence-electron chi connectivity index (χ1n) is 11.5. The van der Waals surface area contributed by atoms with Crippen LogP contribution in [0, 0.1) is 0 Å². The number of benzene rings is 2. The summed E-state index contributed by atoms with van der Waals surface area (Å²) in [4.78, 5) is 33.0. The van der Waals surface area contributed by atoms with E-state index in [1.807, 2.05) is 54.6 Å². The number of hydrogen-bond donors (Lipinski definition) is 0. The lowest BCUT2D eigenvalue weighted by Crippen LogP contribution is -2.37. The summed E-state index contributed by atoms with van der Waals surface area (Å²) in [7, 11) is 0. The molecule has 0 radical (unpaired) electrons. The summed E-state index contributed by atoms with van der Waals surface area (Å²) in [6.45, 7) is 3.79. The molecule has 2 amide bonds. The summed E-state index contributed by atoms with van der Waals surface area (Å²) >= 11 is 0. The van der Waals surface area contributed by atoms with Gasteiger partial charge in [-0.15, -0.1) is 0 Å². The molecule has 0 saturated carbocycles. The lowest BCUT2D eigenvalue weighted by molar-refractivity contribution is -0.120. The van der Waals surface area contributed by atoms with Crippen molar-refractivity contribution in [3.63, 3.8) is 0 Å². The number of carbonyl (C=O) groups is 2. The van der Waals surface area contributed by atoms with E-state index >= 15 is 0 Å². The van der Waals surface area contributed by atoms with E-state index in [2.05, 4.69) is 9.80 Å². The van der Waals surface area contributed by atoms with Crippen molar-refractivity contribution in [3.05, 3.63) is 65.9 Å². The van der Waals surface area contributed by atoms with E-state index in [1.165, 1.54) is 30.6 Å². The fourth-order valence-electron chi connectivity index (χ4n) is 4.99. The number of likely N-dealkylation sites (tertiary alicyclic amines) is 1. The molecule has 0 aromatic heterocycles. The first-order valence-corrected chi connectivity index (χ1v) is 11.5. The monoisotopic (exact) mass is 415 g/mol. The van der Waals surface area contributed by atoms with Gasteiger partial charge in [0.25, 0.3) is 11.8 Å². The molecule has 3 heterocycles. The van der Waals surface area contributed by atoms with Crippen molar-refractivity contribution in [3.8, 4) is 0 Å². The first kappa shape index (κ1) is 19.9. The average molecular weight is 416 g/mol. The normalized spacial score (nSPS) is 20.1. The number of rotatable bonds is 4. The molecule has 2 aromatic carbocycles. The van der Waals surface area contributed by atoms with Crippen LogP contribution in [0.25, 0.3) is 5.57 Å². The van der Waals surface area contributed by atoms with Gasteiger partial charge in [-0.25, -0.2) is 4.90 Å². The van der Waals surface area contributed by atoms with Gasteiger partial charge in [0, 0.05) is 31.9 Å². The van der Waals surface area contributed by atoms with Gasteiger partial charge < -0.3 is 9.80 Å². The molecule has 2 saturated heterocycles. The van der Waals surface area contributed by atoms with Crippen LogP contribution >= 0.6 is 0 Å². The molecule has 31 heavy (non-hydrogen) atoms. The van der Waals surface area contributed by atoms with Crippen LogP contribution in [0.2, 0.25) is 0 Å². The quantitative estimate of drug-likeness (QED) is 0.692. The number of imide groups is 1. The molecule has 0 bridgehead atoms. The van der Waals surface area contributed by atoms with E-state index in [4.69, 9.17) is 0 Å². The minimum absolute atomic E-state index is 0.198. The Labute approximate surface area is 183 Å². The molecule has 2 aromatic rings. The average Bonchev–Trinajstić information content (AvgIpc) is 3.10. The number of anilines is 2. The fraction of sp³-hybridized carbons (Fsp3) is 0.385. The summed E-state index contributed by atoms with van der Waals surface area (Å²) in [5, 5.41) is 0. The van der Waals surface area contributed by atoms with Crippen molar-refractivity contribution in [2.45, 2.75) is 38.5 Å². The van der Waals surface area contributed by atoms with Gasteiger partial charge in [0.15, 0.2) is 0 Å². The lowest BCUT2D eigenvalue weighted by Gasteiger charge is -2.30. The van der Waals surface area contributed by atoms with E-state index in [9.17, 15) is 9.59 Å². The van der Waals surface area contributed by atoms with Crippen LogP contribution in [-0.2, 0) is 9.59 Å². The Morgan fingerprint density at radius 1 is 0.548 bits per heavy atom. The number of piperidine rings is 2. The zero-order chi connectivity index (χ0) is 21.2. The summed E-state index contributed by atoms with van der Waals surface area (Å²) in [6.07, 6.45) is 7.00. The molecular formula is C26H29N3O2. The number of hydrogen-bond acceptors (Lipinski definition) is 4. The largest absolute Gasteiger partial charge is 0.372 e. The van der Waals surface area contributed by atoms with Gasteiger partial charge in [-0.1, -0.05) is 30.3 Å². The molecule has 5 heteroatoms. The van der Waals surface area contributed by atoms with Gasteiger partial charge in [-0.3, -0.25) is 9.59 Å². The van der Waals surface area contributed by atoms with Crippen LogP contribution in [0.15, 0.2) is 60.3 Å². The first-order chi connectivity index (χ1) is 15.2. The summed E-state index contributed by atoms with van der Waals surface area (Å²) in [5.74, 6) is -0.418. The summed E-state index contributed by atoms with van der Waals surface area (Å²) < 4.78 is 0. The number of nitrogens with zero attached hydrogens (tertiary/aromatic N) is 3. The number of carbonyl (C=O) groups excluding carboxylic acids is 2. The molecule has 2 fully saturated rings. The third-order valence-corrected chi connectivity index (χ3v) is 6.62. The van der Waals surface area contributed by atoms with Gasteiger partial charge in [0.1, 0.15) is 5.70 Å². The molecule has 160 valence electrons. The van der Waals surface area contributed by atoms with Crippen molar-refractivity contribution in [2.24, 2.45) is 0 Å². The molecule has 0 unspecified atom stereocenters. The van der Waals surface area contributed by atoms with Crippen LogP contribution in [0.3, 0.4) is 0 Å². The molecule has 5 rings (SSSR count). The molecule has 0 aliphatic carbocycles.